The Balaban J connectivity index is 2.13. The van der Waals surface area contributed by atoms with Crippen molar-refractivity contribution in [1.82, 2.24) is 5.32 Å². The van der Waals surface area contributed by atoms with Gasteiger partial charge in [0.2, 0.25) is 0 Å². The first-order chi connectivity index (χ1) is 6.25. The van der Waals surface area contributed by atoms with E-state index >= 15 is 0 Å². The van der Waals surface area contributed by atoms with E-state index in [-0.39, 0.29) is 11.7 Å². The standard InChI is InChI=1S/C10H19NO2/c1-3-4-13-7-10(12)8(2)9-5-11-6-9/h8-9,11H,3-7H2,1-2H3. The van der Waals surface area contributed by atoms with Crippen molar-refractivity contribution in [3.8, 4) is 0 Å². The van der Waals surface area contributed by atoms with Gasteiger partial charge in [-0.15, -0.1) is 0 Å². The van der Waals surface area contributed by atoms with Gasteiger partial charge >= 0.3 is 0 Å². The Kier molecular flexibility index (Phi) is 4.39. The van der Waals surface area contributed by atoms with Gasteiger partial charge in [-0.2, -0.15) is 0 Å². The molecule has 76 valence electrons. The first kappa shape index (κ1) is 10.7. The minimum absolute atomic E-state index is 0.165. The van der Waals surface area contributed by atoms with Crippen LogP contribution in [0.25, 0.3) is 0 Å². The maximum absolute atomic E-state index is 11.5. The highest BCUT2D eigenvalue weighted by molar-refractivity contribution is 5.82. The summed E-state index contributed by atoms with van der Waals surface area (Å²) in [6.07, 6.45) is 0.979. The molecule has 0 aliphatic carbocycles. The zero-order valence-corrected chi connectivity index (χ0v) is 8.51. The van der Waals surface area contributed by atoms with E-state index in [0.29, 0.717) is 19.1 Å². The van der Waals surface area contributed by atoms with Crippen LogP contribution in [0.4, 0.5) is 0 Å². The summed E-state index contributed by atoms with van der Waals surface area (Å²) in [6.45, 7) is 7.02. The summed E-state index contributed by atoms with van der Waals surface area (Å²) in [5.74, 6) is 0.954. The third-order valence-electron chi connectivity index (χ3n) is 2.62. The van der Waals surface area contributed by atoms with Gasteiger partial charge in [0.05, 0.1) is 0 Å². The van der Waals surface area contributed by atoms with Crippen LogP contribution < -0.4 is 5.32 Å². The van der Waals surface area contributed by atoms with Crippen LogP contribution in [-0.4, -0.2) is 32.1 Å². The minimum Gasteiger partial charge on any atom is -0.374 e. The molecule has 1 fully saturated rings. The Morgan fingerprint density at radius 2 is 2.31 bits per heavy atom. The van der Waals surface area contributed by atoms with Crippen molar-refractivity contribution in [3.05, 3.63) is 0 Å². The smallest absolute Gasteiger partial charge is 0.161 e. The van der Waals surface area contributed by atoms with Gasteiger partial charge in [-0.25, -0.2) is 0 Å². The lowest BCUT2D eigenvalue weighted by atomic mass is 9.86. The molecule has 0 bridgehead atoms. The third-order valence-corrected chi connectivity index (χ3v) is 2.62. The number of ketones is 1. The van der Waals surface area contributed by atoms with Crippen LogP contribution in [0.2, 0.25) is 0 Å². The highest BCUT2D eigenvalue weighted by Gasteiger charge is 2.28. The molecule has 1 heterocycles. The number of ether oxygens (including phenoxy) is 1. The fourth-order valence-corrected chi connectivity index (χ4v) is 1.38. The zero-order valence-electron chi connectivity index (χ0n) is 8.51. The van der Waals surface area contributed by atoms with E-state index in [1.54, 1.807) is 0 Å². The van der Waals surface area contributed by atoms with Gasteiger partial charge in [-0.05, 0) is 25.4 Å². The monoisotopic (exact) mass is 185 g/mol. The fourth-order valence-electron chi connectivity index (χ4n) is 1.38. The zero-order chi connectivity index (χ0) is 9.68. The van der Waals surface area contributed by atoms with Gasteiger partial charge in [0, 0.05) is 12.5 Å². The van der Waals surface area contributed by atoms with Crippen LogP contribution in [0.5, 0.6) is 0 Å². The van der Waals surface area contributed by atoms with E-state index in [1.807, 2.05) is 13.8 Å². The molecule has 0 aromatic carbocycles. The van der Waals surface area contributed by atoms with E-state index in [1.165, 1.54) is 0 Å². The van der Waals surface area contributed by atoms with E-state index in [4.69, 9.17) is 4.74 Å². The molecule has 1 aliphatic rings. The third kappa shape index (κ3) is 3.08. The van der Waals surface area contributed by atoms with Crippen molar-refractivity contribution in [3.63, 3.8) is 0 Å². The van der Waals surface area contributed by atoms with Crippen molar-refractivity contribution in [2.75, 3.05) is 26.3 Å². The van der Waals surface area contributed by atoms with Gasteiger partial charge in [0.25, 0.3) is 0 Å². The van der Waals surface area contributed by atoms with Crippen LogP contribution in [0.3, 0.4) is 0 Å². The normalized spacial score (nSPS) is 19.5. The van der Waals surface area contributed by atoms with Crippen molar-refractivity contribution < 1.29 is 9.53 Å². The number of rotatable bonds is 6. The molecule has 1 aliphatic heterocycles. The quantitative estimate of drug-likeness (QED) is 0.623. The van der Waals surface area contributed by atoms with Crippen LogP contribution in [0, 0.1) is 11.8 Å². The molecule has 0 saturated carbocycles. The number of hydrogen-bond acceptors (Lipinski definition) is 3. The van der Waals surface area contributed by atoms with Crippen LogP contribution in [-0.2, 0) is 9.53 Å². The molecule has 1 saturated heterocycles. The number of hydrogen-bond donors (Lipinski definition) is 1. The van der Waals surface area contributed by atoms with Gasteiger partial charge in [-0.3, -0.25) is 4.79 Å². The number of nitrogens with one attached hydrogen (secondary N) is 1. The second kappa shape index (κ2) is 5.35. The van der Waals surface area contributed by atoms with Gasteiger partial charge in [0.15, 0.2) is 5.78 Å². The Morgan fingerprint density at radius 3 is 2.77 bits per heavy atom. The summed E-state index contributed by atoms with van der Waals surface area (Å²) in [5, 5.41) is 3.17. The lowest BCUT2D eigenvalue weighted by Crippen LogP contribution is -2.47. The highest BCUT2D eigenvalue weighted by Crippen LogP contribution is 2.16. The first-order valence-corrected chi connectivity index (χ1v) is 5.07. The van der Waals surface area contributed by atoms with Gasteiger partial charge in [0.1, 0.15) is 6.61 Å². The van der Waals surface area contributed by atoms with Crippen molar-refractivity contribution in [2.24, 2.45) is 11.8 Å². The van der Waals surface area contributed by atoms with E-state index in [0.717, 1.165) is 19.5 Å². The molecule has 13 heavy (non-hydrogen) atoms. The van der Waals surface area contributed by atoms with Crippen molar-refractivity contribution >= 4 is 5.78 Å². The van der Waals surface area contributed by atoms with Crippen molar-refractivity contribution in [2.45, 2.75) is 20.3 Å². The minimum atomic E-state index is 0.165. The van der Waals surface area contributed by atoms with Gasteiger partial charge < -0.3 is 10.1 Å². The summed E-state index contributed by atoms with van der Waals surface area (Å²) in [7, 11) is 0. The molecular weight excluding hydrogens is 166 g/mol. The molecule has 0 amide bonds. The summed E-state index contributed by atoms with van der Waals surface area (Å²) in [6, 6.07) is 0. The van der Waals surface area contributed by atoms with E-state index in [2.05, 4.69) is 5.32 Å². The molecule has 0 spiro atoms. The van der Waals surface area contributed by atoms with Crippen LogP contribution >= 0.6 is 0 Å². The Labute approximate surface area is 79.8 Å². The van der Waals surface area contributed by atoms with Crippen LogP contribution in [0.1, 0.15) is 20.3 Å². The summed E-state index contributed by atoms with van der Waals surface area (Å²) < 4.78 is 5.21. The maximum atomic E-state index is 11.5. The lowest BCUT2D eigenvalue weighted by Gasteiger charge is -2.31. The Bertz CT molecular complexity index is 166. The Hall–Kier alpha value is -0.410. The van der Waals surface area contributed by atoms with E-state index < -0.39 is 0 Å². The summed E-state index contributed by atoms with van der Waals surface area (Å²) >= 11 is 0. The molecule has 1 unspecified atom stereocenters. The number of carbonyl (C=O) groups excluding carboxylic acids is 1. The van der Waals surface area contributed by atoms with Gasteiger partial charge in [-0.1, -0.05) is 13.8 Å². The second-order valence-electron chi connectivity index (χ2n) is 3.73. The molecule has 1 N–H and O–H groups in total. The first-order valence-electron chi connectivity index (χ1n) is 5.07. The van der Waals surface area contributed by atoms with Crippen molar-refractivity contribution in [1.29, 1.82) is 0 Å². The molecule has 0 radical (unpaired) electrons. The largest absolute Gasteiger partial charge is 0.374 e. The molecule has 1 rings (SSSR count). The topological polar surface area (TPSA) is 38.3 Å². The maximum Gasteiger partial charge on any atom is 0.161 e. The number of Topliss-reactive ketones (excluding diaryl/α,β-unsaturated/α-hetero) is 1. The molecule has 3 nitrogen and oxygen atoms in total. The average molecular weight is 185 g/mol. The molecule has 1 atom stereocenters. The second-order valence-corrected chi connectivity index (χ2v) is 3.73. The Morgan fingerprint density at radius 1 is 1.62 bits per heavy atom. The summed E-state index contributed by atoms with van der Waals surface area (Å²) in [5.41, 5.74) is 0. The van der Waals surface area contributed by atoms with E-state index in [9.17, 15) is 4.79 Å². The molecular formula is C10H19NO2. The molecule has 3 heteroatoms. The predicted octanol–water partition coefficient (Wildman–Crippen LogP) is 0.838. The predicted molar refractivity (Wildman–Crippen MR) is 51.6 cm³/mol. The highest BCUT2D eigenvalue weighted by atomic mass is 16.5. The summed E-state index contributed by atoms with van der Waals surface area (Å²) in [4.78, 5) is 11.5. The number of carbonyl (C=O) groups is 1. The SMILES string of the molecule is CCCOCC(=O)C(C)C1CNC1. The molecule has 0 aromatic heterocycles. The molecule has 0 aromatic rings. The van der Waals surface area contributed by atoms with Crippen LogP contribution in [0.15, 0.2) is 0 Å². The fraction of sp³-hybridized carbons (Fsp3) is 0.900. The average Bonchev–Trinajstić information content (AvgIpc) is 2.01. The lowest BCUT2D eigenvalue weighted by molar-refractivity contribution is -0.129.